The fraction of sp³-hybridized carbons (Fsp3) is 0.148. The Morgan fingerprint density at radius 3 is 2.18 bits per heavy atom. The molecule has 33 heavy (non-hydrogen) atoms. The van der Waals surface area contributed by atoms with Gasteiger partial charge in [0.2, 0.25) is 11.5 Å². The first-order valence-electron chi connectivity index (χ1n) is 10.4. The fourth-order valence-corrected chi connectivity index (χ4v) is 3.64. The van der Waals surface area contributed by atoms with Gasteiger partial charge in [-0.25, -0.2) is 0 Å². The molecule has 0 spiro atoms. The van der Waals surface area contributed by atoms with Gasteiger partial charge >= 0.3 is 0 Å². The summed E-state index contributed by atoms with van der Waals surface area (Å²) in [6.07, 6.45) is 3.60. The topological polar surface area (TPSA) is 69.8 Å². The summed E-state index contributed by atoms with van der Waals surface area (Å²) in [5.41, 5.74) is 3.08. The standard InChI is InChI=1S/C27H25NO5/c1-17-9-5-8-12-22(17)33-23(15-19-16-28-21-11-7-6-10-20(19)21)26(29)18-13-24(30-2)27(32-4)25(14-18)31-3/h5-16,28H,1-4H3. The highest BCUT2D eigenvalue weighted by molar-refractivity contribution is 6.11. The van der Waals surface area contributed by atoms with Crippen LogP contribution < -0.4 is 18.9 Å². The summed E-state index contributed by atoms with van der Waals surface area (Å²) >= 11 is 0. The number of nitrogens with one attached hydrogen (secondary N) is 1. The van der Waals surface area contributed by atoms with Gasteiger partial charge in [-0.05, 0) is 42.8 Å². The van der Waals surface area contributed by atoms with E-state index in [4.69, 9.17) is 18.9 Å². The lowest BCUT2D eigenvalue weighted by molar-refractivity contribution is 0.0987. The summed E-state index contributed by atoms with van der Waals surface area (Å²) in [6, 6.07) is 18.7. The average Bonchev–Trinajstić information content (AvgIpc) is 3.26. The van der Waals surface area contributed by atoms with Crippen LogP contribution >= 0.6 is 0 Å². The van der Waals surface area contributed by atoms with E-state index in [1.165, 1.54) is 21.3 Å². The molecule has 168 valence electrons. The van der Waals surface area contributed by atoms with E-state index in [-0.39, 0.29) is 11.5 Å². The summed E-state index contributed by atoms with van der Waals surface area (Å²) < 4.78 is 22.4. The highest BCUT2D eigenvalue weighted by Gasteiger charge is 2.22. The van der Waals surface area contributed by atoms with Gasteiger partial charge in [0, 0.05) is 28.2 Å². The number of aromatic amines is 1. The summed E-state index contributed by atoms with van der Waals surface area (Å²) in [5, 5.41) is 0.987. The van der Waals surface area contributed by atoms with Crippen molar-refractivity contribution in [3.63, 3.8) is 0 Å². The maximum absolute atomic E-state index is 13.7. The van der Waals surface area contributed by atoms with Crippen molar-refractivity contribution in [2.24, 2.45) is 0 Å². The Morgan fingerprint density at radius 2 is 1.52 bits per heavy atom. The highest BCUT2D eigenvalue weighted by Crippen LogP contribution is 2.39. The van der Waals surface area contributed by atoms with Crippen LogP contribution in [0, 0.1) is 6.92 Å². The first-order chi connectivity index (χ1) is 16.0. The number of H-pyrrole nitrogens is 1. The number of benzene rings is 3. The van der Waals surface area contributed by atoms with Gasteiger partial charge < -0.3 is 23.9 Å². The quantitative estimate of drug-likeness (QED) is 0.212. The van der Waals surface area contributed by atoms with Crippen LogP contribution in [-0.2, 0) is 0 Å². The third-order valence-electron chi connectivity index (χ3n) is 5.37. The average molecular weight is 443 g/mol. The number of Topliss-reactive ketones (excluding diaryl/α,β-unsaturated/α-hetero) is 1. The van der Waals surface area contributed by atoms with Crippen molar-refractivity contribution in [1.82, 2.24) is 4.98 Å². The van der Waals surface area contributed by atoms with Crippen molar-refractivity contribution in [3.05, 3.63) is 89.3 Å². The van der Waals surface area contributed by atoms with Gasteiger partial charge in [-0.15, -0.1) is 0 Å². The number of allylic oxidation sites excluding steroid dienone is 1. The Morgan fingerprint density at radius 1 is 0.848 bits per heavy atom. The second-order valence-corrected chi connectivity index (χ2v) is 7.41. The van der Waals surface area contributed by atoms with Gasteiger partial charge in [0.25, 0.3) is 0 Å². The lowest BCUT2D eigenvalue weighted by atomic mass is 10.1. The second-order valence-electron chi connectivity index (χ2n) is 7.41. The molecule has 1 aromatic heterocycles. The molecule has 0 aliphatic carbocycles. The first kappa shape index (κ1) is 22.0. The number of carbonyl (C=O) groups excluding carboxylic acids is 1. The molecule has 0 saturated heterocycles. The van der Waals surface area contributed by atoms with Crippen LogP contribution in [0.5, 0.6) is 23.0 Å². The fourth-order valence-electron chi connectivity index (χ4n) is 3.64. The number of ether oxygens (including phenoxy) is 4. The number of carbonyl (C=O) groups is 1. The maximum atomic E-state index is 13.7. The van der Waals surface area contributed by atoms with Crippen molar-refractivity contribution in [2.45, 2.75) is 6.92 Å². The van der Waals surface area contributed by atoms with Gasteiger partial charge in [0.05, 0.1) is 21.3 Å². The lowest BCUT2D eigenvalue weighted by Gasteiger charge is -2.15. The molecule has 0 aliphatic rings. The van der Waals surface area contributed by atoms with E-state index < -0.39 is 0 Å². The number of fused-ring (bicyclic) bond motifs is 1. The molecule has 3 aromatic carbocycles. The van der Waals surface area contributed by atoms with Gasteiger partial charge in [-0.3, -0.25) is 4.79 Å². The van der Waals surface area contributed by atoms with Gasteiger partial charge in [-0.1, -0.05) is 36.4 Å². The SMILES string of the molecule is COc1cc(C(=O)C(=Cc2c[nH]c3ccccc23)Oc2ccccc2C)cc(OC)c1OC. The minimum Gasteiger partial charge on any atom is -0.493 e. The van der Waals surface area contributed by atoms with Crippen LogP contribution in [0.3, 0.4) is 0 Å². The minimum absolute atomic E-state index is 0.170. The van der Waals surface area contributed by atoms with Gasteiger partial charge in [0.1, 0.15) is 5.75 Å². The van der Waals surface area contributed by atoms with E-state index in [0.29, 0.717) is 28.6 Å². The van der Waals surface area contributed by atoms with E-state index in [1.54, 1.807) is 18.2 Å². The third kappa shape index (κ3) is 4.41. The van der Waals surface area contributed by atoms with E-state index in [9.17, 15) is 4.79 Å². The Bertz CT molecular complexity index is 1310. The zero-order chi connectivity index (χ0) is 23.4. The van der Waals surface area contributed by atoms with Gasteiger partial charge in [-0.2, -0.15) is 0 Å². The predicted molar refractivity (Wildman–Crippen MR) is 129 cm³/mol. The van der Waals surface area contributed by atoms with Crippen molar-refractivity contribution >= 4 is 22.8 Å². The number of methoxy groups -OCH3 is 3. The summed E-state index contributed by atoms with van der Waals surface area (Å²) in [4.78, 5) is 16.9. The molecule has 0 radical (unpaired) electrons. The monoisotopic (exact) mass is 443 g/mol. The molecule has 4 rings (SSSR count). The van der Waals surface area contributed by atoms with Crippen LogP contribution in [0.2, 0.25) is 0 Å². The largest absolute Gasteiger partial charge is 0.493 e. The van der Waals surface area contributed by atoms with Crippen LogP contribution in [0.25, 0.3) is 17.0 Å². The molecule has 0 aliphatic heterocycles. The molecule has 1 heterocycles. The van der Waals surface area contributed by atoms with E-state index in [2.05, 4.69) is 4.98 Å². The zero-order valence-electron chi connectivity index (χ0n) is 19.0. The Hall–Kier alpha value is -4.19. The molecule has 0 fully saturated rings. The maximum Gasteiger partial charge on any atom is 0.228 e. The number of hydrogen-bond acceptors (Lipinski definition) is 5. The molecule has 4 aromatic rings. The van der Waals surface area contributed by atoms with Crippen LogP contribution in [0.4, 0.5) is 0 Å². The molecule has 0 bridgehead atoms. The Balaban J connectivity index is 1.84. The van der Waals surface area contributed by atoms with Gasteiger partial charge in [0.15, 0.2) is 17.3 Å². The molecule has 0 amide bonds. The normalized spacial score (nSPS) is 11.3. The Kier molecular flexibility index (Phi) is 6.36. The Labute approximate surface area is 192 Å². The first-order valence-corrected chi connectivity index (χ1v) is 10.4. The summed E-state index contributed by atoms with van der Waals surface area (Å²) in [6.45, 7) is 1.93. The molecule has 6 nitrogen and oxygen atoms in total. The minimum atomic E-state index is -0.317. The van der Waals surface area contributed by atoms with Crippen LogP contribution in [0.1, 0.15) is 21.5 Å². The predicted octanol–water partition coefficient (Wildman–Crippen LogP) is 5.80. The zero-order valence-corrected chi connectivity index (χ0v) is 19.0. The second kappa shape index (κ2) is 9.53. The van der Waals surface area contributed by atoms with Crippen LogP contribution in [0.15, 0.2) is 72.6 Å². The van der Waals surface area contributed by atoms with Crippen molar-refractivity contribution in [1.29, 1.82) is 0 Å². The molecular formula is C27H25NO5. The number of rotatable bonds is 8. The number of ketones is 1. The number of aromatic nitrogens is 1. The summed E-state index contributed by atoms with van der Waals surface area (Å²) in [5.74, 6) is 1.65. The van der Waals surface area contributed by atoms with Crippen molar-refractivity contribution in [3.8, 4) is 23.0 Å². The lowest BCUT2D eigenvalue weighted by Crippen LogP contribution is -2.11. The third-order valence-corrected chi connectivity index (χ3v) is 5.37. The number of aryl methyl sites for hydroxylation is 1. The van der Waals surface area contributed by atoms with E-state index in [0.717, 1.165) is 22.0 Å². The van der Waals surface area contributed by atoms with Crippen molar-refractivity contribution < 1.29 is 23.7 Å². The molecule has 1 N–H and O–H groups in total. The molecule has 0 atom stereocenters. The number of hydrogen-bond donors (Lipinski definition) is 1. The molecule has 0 saturated carbocycles. The van der Waals surface area contributed by atoms with Crippen LogP contribution in [-0.4, -0.2) is 32.1 Å². The highest BCUT2D eigenvalue weighted by atomic mass is 16.5. The summed E-state index contributed by atoms with van der Waals surface area (Å²) in [7, 11) is 4.54. The molecular weight excluding hydrogens is 418 g/mol. The van der Waals surface area contributed by atoms with E-state index in [1.807, 2.05) is 61.7 Å². The smallest absolute Gasteiger partial charge is 0.228 e. The number of para-hydroxylation sites is 2. The molecule has 6 heteroatoms. The van der Waals surface area contributed by atoms with Crippen molar-refractivity contribution in [2.75, 3.05) is 21.3 Å². The molecule has 0 unspecified atom stereocenters. The van der Waals surface area contributed by atoms with E-state index >= 15 is 0 Å².